The Balaban J connectivity index is 1.83. The number of halogens is 2. The van der Waals surface area contributed by atoms with Gasteiger partial charge in [-0.2, -0.15) is 0 Å². The predicted molar refractivity (Wildman–Crippen MR) is 80.1 cm³/mol. The maximum Gasteiger partial charge on any atom is 0.128 e. The van der Waals surface area contributed by atoms with Crippen LogP contribution in [0.2, 0.25) is 0 Å². The highest BCUT2D eigenvalue weighted by Crippen LogP contribution is 2.33. The lowest BCUT2D eigenvalue weighted by Crippen LogP contribution is -2.51. The van der Waals surface area contributed by atoms with Gasteiger partial charge in [0.05, 0.1) is 0 Å². The summed E-state index contributed by atoms with van der Waals surface area (Å²) in [5.74, 6) is -0.654. The molecule has 2 fully saturated rings. The first-order valence-electron chi connectivity index (χ1n) is 8.11. The summed E-state index contributed by atoms with van der Waals surface area (Å²) < 4.78 is 27.5. The summed E-state index contributed by atoms with van der Waals surface area (Å²) in [6, 6.07) is 4.66. The maximum atomic E-state index is 14.1. The molecule has 4 heteroatoms. The molecule has 0 aromatic heterocycles. The summed E-state index contributed by atoms with van der Waals surface area (Å²) >= 11 is 0. The summed E-state index contributed by atoms with van der Waals surface area (Å²) in [6.07, 6.45) is 5.94. The minimum Gasteiger partial charge on any atom is -0.312 e. The van der Waals surface area contributed by atoms with Crippen LogP contribution in [0, 0.1) is 11.6 Å². The lowest BCUT2D eigenvalue weighted by Gasteiger charge is -2.43. The maximum absolute atomic E-state index is 14.1. The molecule has 0 radical (unpaired) electrons. The largest absolute Gasteiger partial charge is 0.312 e. The average molecular weight is 294 g/mol. The van der Waals surface area contributed by atoms with Crippen molar-refractivity contribution in [2.45, 2.75) is 57.2 Å². The molecule has 0 aliphatic carbocycles. The topological polar surface area (TPSA) is 15.3 Å². The monoisotopic (exact) mass is 294 g/mol. The van der Waals surface area contributed by atoms with Gasteiger partial charge in [-0.25, -0.2) is 8.78 Å². The van der Waals surface area contributed by atoms with Gasteiger partial charge in [0, 0.05) is 23.7 Å². The van der Waals surface area contributed by atoms with Crippen molar-refractivity contribution < 1.29 is 8.78 Å². The summed E-state index contributed by atoms with van der Waals surface area (Å²) in [4.78, 5) is 2.38. The van der Waals surface area contributed by atoms with E-state index in [1.54, 1.807) is 0 Å². The second kappa shape index (κ2) is 6.41. The van der Waals surface area contributed by atoms with E-state index in [0.29, 0.717) is 17.6 Å². The highest BCUT2D eigenvalue weighted by Gasteiger charge is 2.35. The van der Waals surface area contributed by atoms with Crippen LogP contribution in [-0.2, 0) is 0 Å². The third-order valence-corrected chi connectivity index (χ3v) is 5.06. The van der Waals surface area contributed by atoms with E-state index < -0.39 is 0 Å². The van der Waals surface area contributed by atoms with Crippen LogP contribution >= 0.6 is 0 Å². The fraction of sp³-hybridized carbons (Fsp3) is 0.647. The second-order valence-electron chi connectivity index (χ2n) is 6.35. The Morgan fingerprint density at radius 3 is 2.81 bits per heavy atom. The van der Waals surface area contributed by atoms with Crippen molar-refractivity contribution in [1.82, 2.24) is 10.2 Å². The number of nitrogens with one attached hydrogen (secondary N) is 1. The van der Waals surface area contributed by atoms with Crippen molar-refractivity contribution in [3.63, 3.8) is 0 Å². The van der Waals surface area contributed by atoms with Gasteiger partial charge < -0.3 is 5.32 Å². The van der Waals surface area contributed by atoms with E-state index in [1.165, 1.54) is 37.5 Å². The molecule has 2 heterocycles. The molecule has 3 atom stereocenters. The molecule has 1 aromatic rings. The Bertz CT molecular complexity index is 486. The van der Waals surface area contributed by atoms with E-state index in [2.05, 4.69) is 10.2 Å². The van der Waals surface area contributed by atoms with E-state index in [-0.39, 0.29) is 17.7 Å². The molecule has 3 rings (SSSR count). The summed E-state index contributed by atoms with van der Waals surface area (Å²) in [5.41, 5.74) is 0.486. The zero-order valence-electron chi connectivity index (χ0n) is 12.6. The van der Waals surface area contributed by atoms with Crippen LogP contribution in [0.15, 0.2) is 18.2 Å². The van der Waals surface area contributed by atoms with Gasteiger partial charge >= 0.3 is 0 Å². The number of piperidine rings is 1. The van der Waals surface area contributed by atoms with E-state index in [0.717, 1.165) is 25.9 Å². The predicted octanol–water partition coefficient (Wildman–Crippen LogP) is 3.63. The van der Waals surface area contributed by atoms with Gasteiger partial charge in [-0.15, -0.1) is 0 Å². The molecule has 0 amide bonds. The SMILES string of the molecule is CC(c1cc(F)ccc1F)N1CCCCC1C1CCCN1. The number of benzene rings is 1. The fourth-order valence-electron chi connectivity index (χ4n) is 3.95. The third kappa shape index (κ3) is 3.11. The first-order valence-corrected chi connectivity index (χ1v) is 8.11. The zero-order chi connectivity index (χ0) is 14.8. The molecule has 1 aromatic carbocycles. The van der Waals surface area contributed by atoms with Crippen molar-refractivity contribution in [3.8, 4) is 0 Å². The molecular weight excluding hydrogens is 270 g/mol. The van der Waals surface area contributed by atoms with Gasteiger partial charge in [-0.05, 0) is 63.9 Å². The molecule has 2 aliphatic rings. The van der Waals surface area contributed by atoms with Gasteiger partial charge in [0.2, 0.25) is 0 Å². The fourth-order valence-corrected chi connectivity index (χ4v) is 3.95. The van der Waals surface area contributed by atoms with Crippen molar-refractivity contribution in [3.05, 3.63) is 35.4 Å². The molecule has 0 bridgehead atoms. The molecule has 2 saturated heterocycles. The van der Waals surface area contributed by atoms with E-state index in [4.69, 9.17) is 0 Å². The van der Waals surface area contributed by atoms with Gasteiger partial charge in [0.1, 0.15) is 11.6 Å². The molecule has 116 valence electrons. The summed E-state index contributed by atoms with van der Waals surface area (Å²) in [7, 11) is 0. The number of nitrogens with zero attached hydrogens (tertiary/aromatic N) is 1. The van der Waals surface area contributed by atoms with Crippen LogP contribution in [0.4, 0.5) is 8.78 Å². The average Bonchev–Trinajstić information content (AvgIpc) is 3.03. The van der Waals surface area contributed by atoms with Gasteiger partial charge in [-0.1, -0.05) is 6.42 Å². The Labute approximate surface area is 125 Å². The highest BCUT2D eigenvalue weighted by molar-refractivity contribution is 5.22. The number of likely N-dealkylation sites (tertiary alicyclic amines) is 1. The van der Waals surface area contributed by atoms with E-state index in [1.807, 2.05) is 6.92 Å². The molecule has 3 unspecified atom stereocenters. The van der Waals surface area contributed by atoms with Crippen LogP contribution in [0.25, 0.3) is 0 Å². The Morgan fingerprint density at radius 1 is 1.19 bits per heavy atom. The van der Waals surface area contributed by atoms with Gasteiger partial charge in [-0.3, -0.25) is 4.90 Å². The van der Waals surface area contributed by atoms with Crippen LogP contribution in [0.5, 0.6) is 0 Å². The van der Waals surface area contributed by atoms with Crippen LogP contribution in [0.3, 0.4) is 0 Å². The van der Waals surface area contributed by atoms with Gasteiger partial charge in [0.15, 0.2) is 0 Å². The van der Waals surface area contributed by atoms with Crippen LogP contribution < -0.4 is 5.32 Å². The van der Waals surface area contributed by atoms with E-state index >= 15 is 0 Å². The Hall–Kier alpha value is -1.00. The molecule has 2 nitrogen and oxygen atoms in total. The smallest absolute Gasteiger partial charge is 0.128 e. The first kappa shape index (κ1) is 14.9. The minimum atomic E-state index is -0.356. The third-order valence-electron chi connectivity index (χ3n) is 5.06. The number of rotatable bonds is 3. The molecule has 21 heavy (non-hydrogen) atoms. The molecule has 2 aliphatic heterocycles. The normalized spacial score (nSPS) is 28.7. The lowest BCUT2D eigenvalue weighted by atomic mass is 9.91. The second-order valence-corrected chi connectivity index (χ2v) is 6.35. The highest BCUT2D eigenvalue weighted by atomic mass is 19.1. The van der Waals surface area contributed by atoms with Crippen molar-refractivity contribution >= 4 is 0 Å². The van der Waals surface area contributed by atoms with Crippen molar-refractivity contribution in [2.24, 2.45) is 0 Å². The Morgan fingerprint density at radius 2 is 2.05 bits per heavy atom. The molecule has 0 spiro atoms. The molecule has 1 N–H and O–H groups in total. The van der Waals surface area contributed by atoms with Gasteiger partial charge in [0.25, 0.3) is 0 Å². The van der Waals surface area contributed by atoms with Crippen molar-refractivity contribution in [2.75, 3.05) is 13.1 Å². The minimum absolute atomic E-state index is 0.0756. The van der Waals surface area contributed by atoms with Crippen molar-refractivity contribution in [1.29, 1.82) is 0 Å². The lowest BCUT2D eigenvalue weighted by molar-refractivity contribution is 0.0785. The van der Waals surface area contributed by atoms with Crippen LogP contribution in [-0.4, -0.2) is 30.1 Å². The van der Waals surface area contributed by atoms with Crippen LogP contribution in [0.1, 0.15) is 50.6 Å². The molecule has 0 saturated carbocycles. The first-order chi connectivity index (χ1) is 10.2. The quantitative estimate of drug-likeness (QED) is 0.915. The number of hydrogen-bond donors (Lipinski definition) is 1. The van der Waals surface area contributed by atoms with E-state index in [9.17, 15) is 8.78 Å². The Kier molecular flexibility index (Phi) is 4.55. The molecular formula is C17H24F2N2. The summed E-state index contributed by atoms with van der Waals surface area (Å²) in [6.45, 7) is 4.06. The summed E-state index contributed by atoms with van der Waals surface area (Å²) in [5, 5.41) is 3.58. The zero-order valence-corrected chi connectivity index (χ0v) is 12.6. The number of hydrogen-bond acceptors (Lipinski definition) is 2. The standard InChI is InChI=1S/C17H24F2N2/c1-12(14-11-13(18)7-8-15(14)19)21-10-3-2-6-17(21)16-5-4-9-20-16/h7-8,11-12,16-17,20H,2-6,9-10H2,1H3.